The number of thiocarbonyl (C=S) groups is 1. The summed E-state index contributed by atoms with van der Waals surface area (Å²) in [6, 6.07) is 2.45. The Morgan fingerprint density at radius 3 is 2.76 bits per heavy atom. The van der Waals surface area contributed by atoms with Gasteiger partial charge >= 0.3 is 0 Å². The van der Waals surface area contributed by atoms with Crippen molar-refractivity contribution in [3.63, 3.8) is 0 Å². The first-order chi connectivity index (χ1) is 8.02. The van der Waals surface area contributed by atoms with Crippen LogP contribution in [0.2, 0.25) is 0 Å². The second-order valence-corrected chi connectivity index (χ2v) is 5.32. The topological polar surface area (TPSA) is 42.2 Å². The predicted octanol–water partition coefficient (Wildman–Crippen LogP) is 2.26. The average Bonchev–Trinajstić information content (AvgIpc) is 3.10. The summed E-state index contributed by atoms with van der Waals surface area (Å²) in [6.07, 6.45) is 4.46. The minimum absolute atomic E-state index is 0.431. The van der Waals surface area contributed by atoms with Gasteiger partial charge in [0.1, 0.15) is 10.8 Å². The first kappa shape index (κ1) is 12.3. The average molecular weight is 249 g/mol. The van der Waals surface area contributed by atoms with Gasteiger partial charge < -0.3 is 10.6 Å². The van der Waals surface area contributed by atoms with Crippen LogP contribution in [-0.2, 0) is 0 Å². The Bertz CT molecular complexity index is 440. The van der Waals surface area contributed by atoms with Crippen LogP contribution in [-0.4, -0.2) is 23.1 Å². The molecule has 2 rings (SSSR count). The third kappa shape index (κ3) is 2.41. The highest BCUT2D eigenvalue weighted by Crippen LogP contribution is 2.36. The fraction of sp³-hybridized carbons (Fsp3) is 0.538. The zero-order valence-electron chi connectivity index (χ0n) is 10.6. The lowest BCUT2D eigenvalue weighted by Crippen LogP contribution is -2.33. The lowest BCUT2D eigenvalue weighted by Gasteiger charge is -2.28. The van der Waals surface area contributed by atoms with E-state index in [-0.39, 0.29) is 0 Å². The summed E-state index contributed by atoms with van der Waals surface area (Å²) in [5.41, 5.74) is 7.82. The van der Waals surface area contributed by atoms with Crippen LogP contribution in [0.15, 0.2) is 12.3 Å². The molecule has 0 amide bonds. The maximum atomic E-state index is 5.81. The molecule has 0 bridgehead atoms. The number of anilines is 1. The minimum Gasteiger partial charge on any atom is -0.389 e. The van der Waals surface area contributed by atoms with Gasteiger partial charge in [0.15, 0.2) is 0 Å². The number of nitrogens with two attached hydrogens (primary N) is 1. The number of hydrogen-bond acceptors (Lipinski definition) is 3. The van der Waals surface area contributed by atoms with Gasteiger partial charge in [0.2, 0.25) is 0 Å². The van der Waals surface area contributed by atoms with Crippen molar-refractivity contribution in [1.29, 1.82) is 0 Å². The Hall–Kier alpha value is -1.16. The van der Waals surface area contributed by atoms with Crippen LogP contribution in [0, 0.1) is 12.8 Å². The molecule has 0 radical (unpaired) electrons. The maximum Gasteiger partial charge on any atom is 0.139 e. The Morgan fingerprint density at radius 2 is 2.24 bits per heavy atom. The molecule has 1 aromatic rings. The molecule has 1 saturated carbocycles. The van der Waals surface area contributed by atoms with Crippen molar-refractivity contribution < 1.29 is 0 Å². The molecule has 1 heterocycles. The summed E-state index contributed by atoms with van der Waals surface area (Å²) in [5.74, 6) is 1.71. The Morgan fingerprint density at radius 1 is 1.59 bits per heavy atom. The predicted molar refractivity (Wildman–Crippen MR) is 75.5 cm³/mol. The normalized spacial score (nSPS) is 16.6. The first-order valence-corrected chi connectivity index (χ1v) is 6.41. The van der Waals surface area contributed by atoms with E-state index in [0.717, 1.165) is 22.9 Å². The van der Waals surface area contributed by atoms with E-state index >= 15 is 0 Å². The fourth-order valence-electron chi connectivity index (χ4n) is 2.20. The molecule has 3 nitrogen and oxygen atoms in total. The third-order valence-electron chi connectivity index (χ3n) is 3.63. The number of hydrogen-bond donors (Lipinski definition) is 1. The number of aryl methyl sites for hydroxylation is 1. The monoisotopic (exact) mass is 249 g/mol. The number of nitrogens with zero attached hydrogens (tertiary/aromatic N) is 2. The highest BCUT2D eigenvalue weighted by Gasteiger charge is 2.32. The molecule has 4 heteroatoms. The van der Waals surface area contributed by atoms with Crippen molar-refractivity contribution in [2.24, 2.45) is 11.7 Å². The van der Waals surface area contributed by atoms with E-state index < -0.39 is 0 Å². The highest BCUT2D eigenvalue weighted by atomic mass is 32.1. The summed E-state index contributed by atoms with van der Waals surface area (Å²) in [5, 5.41) is 0. The van der Waals surface area contributed by atoms with Crippen molar-refractivity contribution in [3.8, 4) is 0 Å². The van der Waals surface area contributed by atoms with Crippen molar-refractivity contribution in [3.05, 3.63) is 23.4 Å². The summed E-state index contributed by atoms with van der Waals surface area (Å²) >= 11 is 5.14. The SMILES string of the molecule is Cc1ccnc(N(C)C(C)C2CC2)c1C(N)=S. The Labute approximate surface area is 108 Å². The molecule has 1 aliphatic rings. The van der Waals surface area contributed by atoms with Gasteiger partial charge in [0.05, 0.1) is 5.56 Å². The molecule has 1 unspecified atom stereocenters. The van der Waals surface area contributed by atoms with Gasteiger partial charge in [-0.15, -0.1) is 0 Å². The molecule has 1 fully saturated rings. The molecule has 0 spiro atoms. The van der Waals surface area contributed by atoms with Crippen LogP contribution < -0.4 is 10.6 Å². The smallest absolute Gasteiger partial charge is 0.139 e. The Balaban J connectivity index is 2.36. The number of rotatable bonds is 4. The van der Waals surface area contributed by atoms with Crippen LogP contribution in [0.1, 0.15) is 30.9 Å². The van der Waals surface area contributed by atoms with Crippen LogP contribution in [0.25, 0.3) is 0 Å². The molecule has 1 atom stereocenters. The van der Waals surface area contributed by atoms with Crippen LogP contribution in [0.5, 0.6) is 0 Å². The molecule has 0 saturated heterocycles. The molecular weight excluding hydrogens is 230 g/mol. The largest absolute Gasteiger partial charge is 0.389 e. The highest BCUT2D eigenvalue weighted by molar-refractivity contribution is 7.80. The molecule has 2 N–H and O–H groups in total. The maximum absolute atomic E-state index is 5.81. The first-order valence-electron chi connectivity index (χ1n) is 6.00. The van der Waals surface area contributed by atoms with Crippen molar-refractivity contribution in [2.45, 2.75) is 32.7 Å². The molecule has 17 heavy (non-hydrogen) atoms. The van der Waals surface area contributed by atoms with Gasteiger partial charge in [-0.1, -0.05) is 12.2 Å². The third-order valence-corrected chi connectivity index (χ3v) is 3.84. The minimum atomic E-state index is 0.431. The van der Waals surface area contributed by atoms with E-state index in [1.54, 1.807) is 0 Å². The van der Waals surface area contributed by atoms with E-state index in [9.17, 15) is 0 Å². The van der Waals surface area contributed by atoms with Gasteiger partial charge in [-0.05, 0) is 44.2 Å². The van der Waals surface area contributed by atoms with Gasteiger partial charge in [0.25, 0.3) is 0 Å². The van der Waals surface area contributed by atoms with Crippen molar-refractivity contribution >= 4 is 23.0 Å². The van der Waals surface area contributed by atoms with Gasteiger partial charge in [-0.25, -0.2) is 4.98 Å². The van der Waals surface area contributed by atoms with Gasteiger partial charge in [0, 0.05) is 19.3 Å². The second-order valence-electron chi connectivity index (χ2n) is 4.88. The van der Waals surface area contributed by atoms with Crippen LogP contribution in [0.3, 0.4) is 0 Å². The molecular formula is C13H19N3S. The zero-order valence-corrected chi connectivity index (χ0v) is 11.4. The van der Waals surface area contributed by atoms with E-state index in [1.165, 1.54) is 12.8 Å². The fourth-order valence-corrected chi connectivity index (χ4v) is 2.46. The summed E-state index contributed by atoms with van der Waals surface area (Å²) < 4.78 is 0. The van der Waals surface area contributed by atoms with E-state index in [2.05, 4.69) is 23.9 Å². The van der Waals surface area contributed by atoms with Crippen LogP contribution in [0.4, 0.5) is 5.82 Å². The van der Waals surface area contributed by atoms with Gasteiger partial charge in [-0.2, -0.15) is 0 Å². The summed E-state index contributed by atoms with van der Waals surface area (Å²) in [4.78, 5) is 7.09. The lowest BCUT2D eigenvalue weighted by molar-refractivity contribution is 0.603. The van der Waals surface area contributed by atoms with E-state index in [0.29, 0.717) is 11.0 Å². The van der Waals surface area contributed by atoms with E-state index in [4.69, 9.17) is 18.0 Å². The Kier molecular flexibility index (Phi) is 3.33. The van der Waals surface area contributed by atoms with E-state index in [1.807, 2.05) is 19.2 Å². The van der Waals surface area contributed by atoms with Crippen molar-refractivity contribution in [1.82, 2.24) is 4.98 Å². The lowest BCUT2D eigenvalue weighted by atomic mass is 10.1. The number of aromatic nitrogens is 1. The van der Waals surface area contributed by atoms with Crippen LogP contribution >= 0.6 is 12.2 Å². The second kappa shape index (κ2) is 4.61. The quantitative estimate of drug-likeness (QED) is 0.831. The zero-order chi connectivity index (χ0) is 12.6. The molecule has 0 aromatic carbocycles. The summed E-state index contributed by atoms with van der Waals surface area (Å²) in [7, 11) is 2.08. The molecule has 92 valence electrons. The van der Waals surface area contributed by atoms with Crippen molar-refractivity contribution in [2.75, 3.05) is 11.9 Å². The molecule has 1 aliphatic carbocycles. The van der Waals surface area contributed by atoms with Gasteiger partial charge in [-0.3, -0.25) is 0 Å². The standard InChI is InChI=1S/C13H19N3S/c1-8-6-7-15-13(11(8)12(14)17)16(3)9(2)10-4-5-10/h6-7,9-10H,4-5H2,1-3H3,(H2,14,17). The molecule has 1 aromatic heterocycles. The summed E-state index contributed by atoms with van der Waals surface area (Å²) in [6.45, 7) is 4.26. The molecule has 0 aliphatic heterocycles. The number of pyridine rings is 1.